The summed E-state index contributed by atoms with van der Waals surface area (Å²) < 4.78 is 10.5. The van der Waals surface area contributed by atoms with Gasteiger partial charge < -0.3 is 20.1 Å². The molecule has 0 aliphatic rings. The van der Waals surface area contributed by atoms with Crippen LogP contribution in [-0.2, 0) is 9.53 Å². The minimum Gasteiger partial charge on any atom is -0.494 e. The van der Waals surface area contributed by atoms with E-state index in [0.717, 1.165) is 6.07 Å². The van der Waals surface area contributed by atoms with Crippen LogP contribution in [0.3, 0.4) is 0 Å². The molecule has 0 aliphatic carbocycles. The van der Waals surface area contributed by atoms with E-state index in [9.17, 15) is 19.7 Å². The quantitative estimate of drug-likeness (QED) is 0.405. The number of esters is 1. The monoisotopic (exact) mass is 387 g/mol. The summed E-state index contributed by atoms with van der Waals surface area (Å²) in [4.78, 5) is 35.0. The van der Waals surface area contributed by atoms with Crippen molar-refractivity contribution in [1.82, 2.24) is 0 Å². The standard InChI is InChI=1S/C19H21N3O6/c1-4-27-15-8-5-13(6-9-15)21-18(23)12(2)28-19(24)16-11-14(22(25)26)7-10-17(16)20-3/h5-12,20H,4H2,1-3H3,(H,21,23)/t12-/m0/s1. The molecule has 0 radical (unpaired) electrons. The summed E-state index contributed by atoms with van der Waals surface area (Å²) in [5.41, 5.74) is 0.590. The molecule has 0 unspecified atom stereocenters. The number of nitro groups is 1. The maximum absolute atomic E-state index is 12.4. The van der Waals surface area contributed by atoms with Crippen molar-refractivity contribution in [2.24, 2.45) is 0 Å². The van der Waals surface area contributed by atoms with Crippen LogP contribution in [0.25, 0.3) is 0 Å². The number of rotatable bonds is 8. The zero-order valence-corrected chi connectivity index (χ0v) is 15.7. The fourth-order valence-corrected chi connectivity index (χ4v) is 2.36. The van der Waals surface area contributed by atoms with Gasteiger partial charge in [-0.05, 0) is 44.2 Å². The average molecular weight is 387 g/mol. The number of nitrogens with zero attached hydrogens (tertiary/aromatic N) is 1. The lowest BCUT2D eigenvalue weighted by atomic mass is 10.1. The van der Waals surface area contributed by atoms with Gasteiger partial charge in [-0.15, -0.1) is 0 Å². The summed E-state index contributed by atoms with van der Waals surface area (Å²) in [6.07, 6.45) is -1.11. The summed E-state index contributed by atoms with van der Waals surface area (Å²) in [7, 11) is 1.57. The Balaban J connectivity index is 2.06. The number of non-ortho nitro benzene ring substituents is 1. The van der Waals surface area contributed by atoms with Crippen LogP contribution in [0.2, 0.25) is 0 Å². The average Bonchev–Trinajstić information content (AvgIpc) is 2.68. The van der Waals surface area contributed by atoms with Gasteiger partial charge in [0.05, 0.1) is 17.1 Å². The van der Waals surface area contributed by atoms with E-state index in [1.807, 2.05) is 6.92 Å². The van der Waals surface area contributed by atoms with E-state index in [0.29, 0.717) is 23.7 Å². The number of carbonyl (C=O) groups is 2. The molecule has 9 nitrogen and oxygen atoms in total. The van der Waals surface area contributed by atoms with Gasteiger partial charge in [-0.2, -0.15) is 0 Å². The number of benzene rings is 2. The third kappa shape index (κ3) is 5.19. The number of anilines is 2. The van der Waals surface area contributed by atoms with Crippen LogP contribution in [0.1, 0.15) is 24.2 Å². The molecule has 2 rings (SSSR count). The number of hydrogen-bond acceptors (Lipinski definition) is 7. The van der Waals surface area contributed by atoms with Crippen molar-refractivity contribution in [3.8, 4) is 5.75 Å². The van der Waals surface area contributed by atoms with Crippen molar-refractivity contribution in [3.63, 3.8) is 0 Å². The highest BCUT2D eigenvalue weighted by molar-refractivity contribution is 6.00. The molecule has 0 aromatic heterocycles. The summed E-state index contributed by atoms with van der Waals surface area (Å²) >= 11 is 0. The molecule has 0 saturated carbocycles. The van der Waals surface area contributed by atoms with E-state index in [1.54, 1.807) is 31.3 Å². The highest BCUT2D eigenvalue weighted by atomic mass is 16.6. The second-order valence-electron chi connectivity index (χ2n) is 5.73. The molecule has 0 heterocycles. The lowest BCUT2D eigenvalue weighted by Gasteiger charge is -2.15. The number of nitrogens with one attached hydrogen (secondary N) is 2. The third-order valence-corrected chi connectivity index (χ3v) is 3.79. The first-order valence-electron chi connectivity index (χ1n) is 8.56. The molecular weight excluding hydrogens is 366 g/mol. The van der Waals surface area contributed by atoms with Crippen molar-refractivity contribution >= 4 is 28.9 Å². The Bertz CT molecular complexity index is 866. The SMILES string of the molecule is CCOc1ccc(NC(=O)[C@H](C)OC(=O)c2cc([N+](=O)[O-])ccc2NC)cc1. The van der Waals surface area contributed by atoms with Crippen molar-refractivity contribution in [2.75, 3.05) is 24.3 Å². The first kappa shape index (κ1) is 20.7. The van der Waals surface area contributed by atoms with E-state index < -0.39 is 22.9 Å². The molecule has 1 amide bonds. The van der Waals surface area contributed by atoms with Gasteiger partial charge in [0.1, 0.15) is 5.75 Å². The second kappa shape index (κ2) is 9.36. The van der Waals surface area contributed by atoms with Gasteiger partial charge >= 0.3 is 5.97 Å². The van der Waals surface area contributed by atoms with Crippen molar-refractivity contribution < 1.29 is 24.0 Å². The summed E-state index contributed by atoms with van der Waals surface area (Å²) in [5, 5.41) is 16.3. The second-order valence-corrected chi connectivity index (χ2v) is 5.73. The largest absolute Gasteiger partial charge is 0.494 e. The molecule has 2 aromatic rings. The van der Waals surface area contributed by atoms with Gasteiger partial charge in [0.15, 0.2) is 6.10 Å². The van der Waals surface area contributed by atoms with E-state index in [-0.39, 0.29) is 11.3 Å². The summed E-state index contributed by atoms with van der Waals surface area (Å²) in [6.45, 7) is 3.82. The number of nitro benzene ring substituents is 1. The lowest BCUT2D eigenvalue weighted by Crippen LogP contribution is -2.30. The normalized spacial score (nSPS) is 11.2. The molecule has 148 valence electrons. The zero-order chi connectivity index (χ0) is 20.7. The van der Waals surface area contributed by atoms with Crippen molar-refractivity contribution in [2.45, 2.75) is 20.0 Å². The molecule has 2 N–H and O–H groups in total. The third-order valence-electron chi connectivity index (χ3n) is 3.79. The molecule has 0 saturated heterocycles. The fraction of sp³-hybridized carbons (Fsp3) is 0.263. The van der Waals surface area contributed by atoms with Crippen LogP contribution in [0.4, 0.5) is 17.1 Å². The molecule has 0 bridgehead atoms. The Hall–Kier alpha value is -3.62. The Kier molecular flexibility index (Phi) is 6.91. The smallest absolute Gasteiger partial charge is 0.341 e. The molecule has 2 aromatic carbocycles. The highest BCUT2D eigenvalue weighted by Gasteiger charge is 2.23. The zero-order valence-electron chi connectivity index (χ0n) is 15.7. The minimum absolute atomic E-state index is 0.0302. The highest BCUT2D eigenvalue weighted by Crippen LogP contribution is 2.23. The van der Waals surface area contributed by atoms with Crippen LogP contribution >= 0.6 is 0 Å². The van der Waals surface area contributed by atoms with Gasteiger partial charge in [0, 0.05) is 30.6 Å². The Morgan fingerprint density at radius 3 is 2.43 bits per heavy atom. The molecule has 9 heteroatoms. The minimum atomic E-state index is -1.11. The molecule has 0 aliphatic heterocycles. The Labute approximate surface area is 161 Å². The van der Waals surface area contributed by atoms with Crippen LogP contribution in [0.15, 0.2) is 42.5 Å². The predicted molar refractivity (Wildman–Crippen MR) is 104 cm³/mol. The van der Waals surface area contributed by atoms with Crippen LogP contribution in [0, 0.1) is 10.1 Å². The van der Waals surface area contributed by atoms with E-state index in [4.69, 9.17) is 9.47 Å². The number of ether oxygens (including phenoxy) is 2. The molecule has 1 atom stereocenters. The first-order valence-corrected chi connectivity index (χ1v) is 8.56. The fourth-order valence-electron chi connectivity index (χ4n) is 2.36. The summed E-state index contributed by atoms with van der Waals surface area (Å²) in [6, 6.07) is 10.5. The molecule has 28 heavy (non-hydrogen) atoms. The number of amides is 1. The van der Waals surface area contributed by atoms with Gasteiger partial charge in [-0.3, -0.25) is 14.9 Å². The predicted octanol–water partition coefficient (Wildman–Crippen LogP) is 3.22. The summed E-state index contributed by atoms with van der Waals surface area (Å²) in [5.74, 6) is -0.707. The lowest BCUT2D eigenvalue weighted by molar-refractivity contribution is -0.384. The van der Waals surface area contributed by atoms with Gasteiger partial charge in [-0.25, -0.2) is 4.79 Å². The molecule has 0 fully saturated rings. The maximum atomic E-state index is 12.4. The van der Waals surface area contributed by atoms with Crippen LogP contribution in [-0.4, -0.2) is 36.6 Å². The van der Waals surface area contributed by atoms with Gasteiger partial charge in [-0.1, -0.05) is 0 Å². The van der Waals surface area contributed by atoms with Crippen molar-refractivity contribution in [3.05, 3.63) is 58.1 Å². The van der Waals surface area contributed by atoms with E-state index in [2.05, 4.69) is 10.6 Å². The first-order chi connectivity index (χ1) is 13.3. The van der Waals surface area contributed by atoms with Crippen LogP contribution in [0.5, 0.6) is 5.75 Å². The van der Waals surface area contributed by atoms with E-state index >= 15 is 0 Å². The van der Waals surface area contributed by atoms with Crippen LogP contribution < -0.4 is 15.4 Å². The van der Waals surface area contributed by atoms with Gasteiger partial charge in [0.25, 0.3) is 11.6 Å². The number of hydrogen-bond donors (Lipinski definition) is 2. The maximum Gasteiger partial charge on any atom is 0.341 e. The Morgan fingerprint density at radius 1 is 1.18 bits per heavy atom. The van der Waals surface area contributed by atoms with Gasteiger partial charge in [0.2, 0.25) is 0 Å². The van der Waals surface area contributed by atoms with Crippen molar-refractivity contribution in [1.29, 1.82) is 0 Å². The van der Waals surface area contributed by atoms with E-state index in [1.165, 1.54) is 19.1 Å². The molecular formula is C19H21N3O6. The number of carbonyl (C=O) groups excluding carboxylic acids is 2. The topological polar surface area (TPSA) is 120 Å². The molecule has 0 spiro atoms. The Morgan fingerprint density at radius 2 is 1.86 bits per heavy atom.